The molecule has 2 aliphatic heterocycles. The van der Waals surface area contributed by atoms with Crippen LogP contribution in [0, 0.1) is 0 Å². The highest BCUT2D eigenvalue weighted by molar-refractivity contribution is 7.91. The third-order valence-electron chi connectivity index (χ3n) is 4.52. The van der Waals surface area contributed by atoms with Gasteiger partial charge in [-0.05, 0) is 25.0 Å². The third kappa shape index (κ3) is 3.92. The maximum atomic E-state index is 12.6. The van der Waals surface area contributed by atoms with Gasteiger partial charge in [0.05, 0.1) is 23.9 Å². The van der Waals surface area contributed by atoms with E-state index in [0.717, 1.165) is 0 Å². The number of carboxylic acids is 1. The summed E-state index contributed by atoms with van der Waals surface area (Å²) in [6, 6.07) is 3.54. The maximum Gasteiger partial charge on any atom is 0.326 e. The number of carbonyl (C=O) groups is 2. The zero-order valence-corrected chi connectivity index (χ0v) is 15.0. The van der Waals surface area contributed by atoms with Crippen molar-refractivity contribution in [2.24, 2.45) is 0 Å². The summed E-state index contributed by atoms with van der Waals surface area (Å²) in [5.41, 5.74) is 0. The van der Waals surface area contributed by atoms with E-state index in [1.165, 1.54) is 17.0 Å². The van der Waals surface area contributed by atoms with Crippen LogP contribution in [-0.2, 0) is 19.4 Å². The minimum atomic E-state index is -3.70. The van der Waals surface area contributed by atoms with Crippen LogP contribution < -0.4 is 9.47 Å². The van der Waals surface area contributed by atoms with E-state index in [4.69, 9.17) is 14.6 Å². The van der Waals surface area contributed by atoms with Crippen molar-refractivity contribution in [3.8, 4) is 11.5 Å². The van der Waals surface area contributed by atoms with E-state index in [9.17, 15) is 18.0 Å². The van der Waals surface area contributed by atoms with Crippen molar-refractivity contribution in [1.29, 1.82) is 0 Å². The molecule has 1 aromatic rings. The number of likely N-dealkylation sites (tertiary alicyclic amines) is 1. The van der Waals surface area contributed by atoms with E-state index in [1.807, 2.05) is 0 Å². The van der Waals surface area contributed by atoms with Gasteiger partial charge in [0.15, 0.2) is 21.3 Å². The molecule has 0 aliphatic carbocycles. The number of aliphatic carboxylic acids is 1. The number of carboxylic acid groups (broad SMARTS) is 1. The summed E-state index contributed by atoms with van der Waals surface area (Å²) in [6.45, 7) is 1.30. The SMILES string of the molecule is O=C(O)[C@H]1CCCN1C(=O)CCS(=O)(=O)c1ccc2c(c1)OCCCO2. The Bertz CT molecular complexity index is 805. The summed E-state index contributed by atoms with van der Waals surface area (Å²) >= 11 is 0. The average molecular weight is 383 g/mol. The van der Waals surface area contributed by atoms with Crippen LogP contribution in [0.5, 0.6) is 11.5 Å². The van der Waals surface area contributed by atoms with Crippen molar-refractivity contribution in [1.82, 2.24) is 4.90 Å². The number of hydrogen-bond acceptors (Lipinski definition) is 6. The number of fused-ring (bicyclic) bond motifs is 1. The van der Waals surface area contributed by atoms with Gasteiger partial charge in [0.1, 0.15) is 6.04 Å². The van der Waals surface area contributed by atoms with Crippen LogP contribution in [-0.4, -0.2) is 61.9 Å². The Morgan fingerprint density at radius 3 is 2.62 bits per heavy atom. The Hall–Kier alpha value is -2.29. The Morgan fingerprint density at radius 1 is 1.15 bits per heavy atom. The molecule has 0 saturated carbocycles. The first-order valence-corrected chi connectivity index (χ1v) is 10.2. The van der Waals surface area contributed by atoms with Gasteiger partial charge in [-0.15, -0.1) is 0 Å². The second kappa shape index (κ2) is 7.53. The molecule has 1 aromatic carbocycles. The number of nitrogens with zero attached hydrogens (tertiary/aromatic N) is 1. The molecule has 26 heavy (non-hydrogen) atoms. The molecule has 1 saturated heterocycles. The molecule has 0 bridgehead atoms. The van der Waals surface area contributed by atoms with Crippen molar-refractivity contribution >= 4 is 21.7 Å². The van der Waals surface area contributed by atoms with E-state index in [-0.39, 0.29) is 17.1 Å². The lowest BCUT2D eigenvalue weighted by atomic mass is 10.2. The van der Waals surface area contributed by atoms with E-state index in [1.54, 1.807) is 6.07 Å². The summed E-state index contributed by atoms with van der Waals surface area (Å²) in [6.07, 6.45) is 1.47. The molecule has 2 aliphatic rings. The Labute approximate surface area is 151 Å². The predicted molar refractivity (Wildman–Crippen MR) is 91.1 cm³/mol. The van der Waals surface area contributed by atoms with Crippen molar-refractivity contribution < 1.29 is 32.6 Å². The standard InChI is InChI=1S/C17H21NO7S/c19-16(18-7-1-3-13(18)17(20)21)6-10-26(22,23)12-4-5-14-15(11-12)25-9-2-8-24-14/h4-5,11,13H,1-3,6-10H2,(H,20,21)/t13-/m1/s1. The molecule has 0 spiro atoms. The second-order valence-electron chi connectivity index (χ2n) is 6.31. The molecular weight excluding hydrogens is 362 g/mol. The van der Waals surface area contributed by atoms with Crippen LogP contribution in [0.4, 0.5) is 0 Å². The van der Waals surface area contributed by atoms with Crippen LogP contribution in [0.15, 0.2) is 23.1 Å². The number of benzene rings is 1. The van der Waals surface area contributed by atoms with Crippen LogP contribution in [0.3, 0.4) is 0 Å². The summed E-state index contributed by atoms with van der Waals surface area (Å²) < 4.78 is 36.1. The summed E-state index contributed by atoms with van der Waals surface area (Å²) in [5.74, 6) is -1.01. The number of hydrogen-bond donors (Lipinski definition) is 1. The van der Waals surface area contributed by atoms with Crippen molar-refractivity contribution in [3.63, 3.8) is 0 Å². The topological polar surface area (TPSA) is 110 Å². The number of amides is 1. The lowest BCUT2D eigenvalue weighted by Crippen LogP contribution is -2.40. The van der Waals surface area contributed by atoms with Crippen molar-refractivity contribution in [2.75, 3.05) is 25.5 Å². The summed E-state index contributed by atoms with van der Waals surface area (Å²) in [5, 5.41) is 9.14. The predicted octanol–water partition coefficient (Wildman–Crippen LogP) is 1.09. The smallest absolute Gasteiger partial charge is 0.326 e. The molecule has 3 rings (SSSR count). The third-order valence-corrected chi connectivity index (χ3v) is 6.23. The van der Waals surface area contributed by atoms with Crippen LogP contribution in [0.1, 0.15) is 25.7 Å². The molecule has 142 valence electrons. The van der Waals surface area contributed by atoms with Gasteiger partial charge in [-0.3, -0.25) is 4.79 Å². The molecule has 1 fully saturated rings. The van der Waals surface area contributed by atoms with Gasteiger partial charge in [-0.25, -0.2) is 13.2 Å². The molecule has 2 heterocycles. The van der Waals surface area contributed by atoms with Crippen LogP contribution in [0.25, 0.3) is 0 Å². The highest BCUT2D eigenvalue weighted by Crippen LogP contribution is 2.32. The normalized spacial score (nSPS) is 19.8. The van der Waals surface area contributed by atoms with E-state index in [2.05, 4.69) is 0 Å². The Kier molecular flexibility index (Phi) is 5.36. The highest BCUT2D eigenvalue weighted by atomic mass is 32.2. The molecule has 9 heteroatoms. The minimum absolute atomic E-state index is 0.0609. The lowest BCUT2D eigenvalue weighted by molar-refractivity contribution is -0.148. The summed E-state index contributed by atoms with van der Waals surface area (Å²) in [7, 11) is -3.70. The maximum absolute atomic E-state index is 12.6. The number of ether oxygens (including phenoxy) is 2. The molecular formula is C17H21NO7S. The Balaban J connectivity index is 1.68. The second-order valence-corrected chi connectivity index (χ2v) is 8.42. The van der Waals surface area contributed by atoms with Gasteiger partial charge in [0.2, 0.25) is 5.91 Å². The first kappa shape index (κ1) is 18.5. The fourth-order valence-corrected chi connectivity index (χ4v) is 4.38. The molecule has 1 N–H and O–H groups in total. The fourth-order valence-electron chi connectivity index (χ4n) is 3.14. The molecule has 1 amide bonds. The van der Waals surface area contributed by atoms with Gasteiger partial charge in [0, 0.05) is 25.5 Å². The quantitative estimate of drug-likeness (QED) is 0.810. The van der Waals surface area contributed by atoms with E-state index >= 15 is 0 Å². The zero-order chi connectivity index (χ0) is 18.7. The van der Waals surface area contributed by atoms with Gasteiger partial charge in [0.25, 0.3) is 0 Å². The van der Waals surface area contributed by atoms with Crippen LogP contribution >= 0.6 is 0 Å². The number of carbonyl (C=O) groups excluding carboxylic acids is 1. The monoisotopic (exact) mass is 383 g/mol. The van der Waals surface area contributed by atoms with Crippen molar-refractivity contribution in [3.05, 3.63) is 18.2 Å². The van der Waals surface area contributed by atoms with Gasteiger partial charge < -0.3 is 19.5 Å². The first-order chi connectivity index (χ1) is 12.4. The molecule has 0 aromatic heterocycles. The lowest BCUT2D eigenvalue weighted by Gasteiger charge is -2.21. The molecule has 8 nitrogen and oxygen atoms in total. The molecule has 0 unspecified atom stereocenters. The molecule has 0 radical (unpaired) electrons. The fraction of sp³-hybridized carbons (Fsp3) is 0.529. The van der Waals surface area contributed by atoms with Crippen molar-refractivity contribution in [2.45, 2.75) is 36.6 Å². The van der Waals surface area contributed by atoms with E-state index < -0.39 is 27.8 Å². The average Bonchev–Trinajstić information content (AvgIpc) is 2.99. The van der Waals surface area contributed by atoms with E-state index in [0.29, 0.717) is 50.5 Å². The Morgan fingerprint density at radius 2 is 1.88 bits per heavy atom. The number of rotatable bonds is 5. The van der Waals surface area contributed by atoms with Crippen LogP contribution in [0.2, 0.25) is 0 Å². The van der Waals surface area contributed by atoms with Gasteiger partial charge >= 0.3 is 5.97 Å². The molecule has 1 atom stereocenters. The first-order valence-electron chi connectivity index (χ1n) is 8.53. The summed E-state index contributed by atoms with van der Waals surface area (Å²) in [4.78, 5) is 24.8. The number of sulfone groups is 1. The van der Waals surface area contributed by atoms with Gasteiger partial charge in [-0.2, -0.15) is 0 Å². The minimum Gasteiger partial charge on any atom is -0.490 e. The highest BCUT2D eigenvalue weighted by Gasteiger charge is 2.34. The van der Waals surface area contributed by atoms with Gasteiger partial charge in [-0.1, -0.05) is 0 Å². The largest absolute Gasteiger partial charge is 0.490 e. The zero-order valence-electron chi connectivity index (χ0n) is 14.2.